The summed E-state index contributed by atoms with van der Waals surface area (Å²) in [6.45, 7) is 0. The van der Waals surface area contributed by atoms with Crippen LogP contribution in [0.25, 0.3) is 11.0 Å². The van der Waals surface area contributed by atoms with Crippen LogP contribution in [0.15, 0.2) is 29.4 Å². The topological polar surface area (TPSA) is 72.3 Å². The van der Waals surface area contributed by atoms with Crippen LogP contribution < -0.4 is 0 Å². The van der Waals surface area contributed by atoms with Crippen molar-refractivity contribution >= 4 is 38.5 Å². The van der Waals surface area contributed by atoms with Crippen molar-refractivity contribution in [2.45, 2.75) is 55.8 Å². The summed E-state index contributed by atoms with van der Waals surface area (Å²) >= 11 is 1.44. The number of aromatic nitrogens is 2. The molecule has 4 rings (SSSR count). The van der Waals surface area contributed by atoms with E-state index in [1.165, 1.54) is 18.2 Å². The van der Waals surface area contributed by atoms with Gasteiger partial charge in [0.15, 0.2) is 15.0 Å². The van der Waals surface area contributed by atoms with E-state index in [1.54, 1.807) is 0 Å². The third-order valence-electron chi connectivity index (χ3n) is 5.93. The maximum atomic E-state index is 13.2. The molecule has 1 amide bonds. The molecular weight excluding hydrogens is 394 g/mol. The first-order valence-electron chi connectivity index (χ1n) is 10.0. The lowest BCUT2D eigenvalue weighted by molar-refractivity contribution is -0.133. The van der Waals surface area contributed by atoms with E-state index in [2.05, 4.69) is 4.98 Å². The lowest BCUT2D eigenvalue weighted by Gasteiger charge is -2.38. The minimum Gasteiger partial charge on any atom is -0.335 e. The summed E-state index contributed by atoms with van der Waals surface area (Å²) in [6, 6.07) is 7.95. The maximum absolute atomic E-state index is 13.2. The van der Waals surface area contributed by atoms with Gasteiger partial charge in [0, 0.05) is 19.1 Å². The van der Waals surface area contributed by atoms with Crippen LogP contribution in [0.5, 0.6) is 0 Å². The van der Waals surface area contributed by atoms with Crippen LogP contribution in [-0.4, -0.2) is 58.1 Å². The summed E-state index contributed by atoms with van der Waals surface area (Å²) in [7, 11) is -1.06. The number of hydrogen-bond acceptors (Lipinski definition) is 5. The highest BCUT2D eigenvalue weighted by molar-refractivity contribution is 7.99. The first-order valence-corrected chi connectivity index (χ1v) is 12.8. The molecule has 2 fully saturated rings. The largest absolute Gasteiger partial charge is 0.335 e. The van der Waals surface area contributed by atoms with E-state index in [9.17, 15) is 13.2 Å². The van der Waals surface area contributed by atoms with Gasteiger partial charge in [0.1, 0.15) is 0 Å². The standard InChI is InChI=1S/C20H27N3O3S2/c1-22-18-10-6-5-9-17(18)21-20(22)27-13-19(24)23(15-7-3-2-4-8-15)16-11-12-28(25,26)14-16/h5-6,9-10,15-16H,2-4,7-8,11-14H2,1H3. The van der Waals surface area contributed by atoms with Gasteiger partial charge in [-0.05, 0) is 31.4 Å². The zero-order valence-electron chi connectivity index (χ0n) is 16.2. The Balaban J connectivity index is 1.50. The van der Waals surface area contributed by atoms with E-state index in [1.807, 2.05) is 40.8 Å². The fourth-order valence-electron chi connectivity index (χ4n) is 4.51. The summed E-state index contributed by atoms with van der Waals surface area (Å²) in [6.07, 6.45) is 5.98. The summed E-state index contributed by atoms with van der Waals surface area (Å²) in [4.78, 5) is 19.8. The number of sulfone groups is 1. The smallest absolute Gasteiger partial charge is 0.233 e. The van der Waals surface area contributed by atoms with Crippen molar-refractivity contribution < 1.29 is 13.2 Å². The van der Waals surface area contributed by atoms with Crippen LogP contribution in [0.1, 0.15) is 38.5 Å². The Labute approximate surface area is 170 Å². The van der Waals surface area contributed by atoms with E-state index in [4.69, 9.17) is 0 Å². The molecule has 8 heteroatoms. The Hall–Kier alpha value is -1.54. The highest BCUT2D eigenvalue weighted by atomic mass is 32.2. The molecule has 2 aliphatic rings. The monoisotopic (exact) mass is 421 g/mol. The first kappa shape index (κ1) is 19.8. The summed E-state index contributed by atoms with van der Waals surface area (Å²) in [5.41, 5.74) is 1.97. The Bertz CT molecular complexity index is 964. The second-order valence-electron chi connectivity index (χ2n) is 7.88. The van der Waals surface area contributed by atoms with Gasteiger partial charge in [0.05, 0.1) is 28.3 Å². The zero-order valence-corrected chi connectivity index (χ0v) is 17.8. The third-order valence-corrected chi connectivity index (χ3v) is 8.69. The molecule has 2 heterocycles. The molecule has 152 valence electrons. The van der Waals surface area contributed by atoms with Crippen molar-refractivity contribution in [3.05, 3.63) is 24.3 Å². The number of nitrogens with zero attached hydrogens (tertiary/aromatic N) is 3. The normalized spacial score (nSPS) is 22.5. The predicted octanol–water partition coefficient (Wildman–Crippen LogP) is 3.01. The lowest BCUT2D eigenvalue weighted by atomic mass is 9.93. The predicted molar refractivity (Wildman–Crippen MR) is 112 cm³/mol. The second-order valence-corrected chi connectivity index (χ2v) is 11.1. The van der Waals surface area contributed by atoms with Gasteiger partial charge in [0.25, 0.3) is 0 Å². The Morgan fingerprint density at radius 3 is 2.61 bits per heavy atom. The van der Waals surface area contributed by atoms with Crippen LogP contribution in [0.4, 0.5) is 0 Å². The van der Waals surface area contributed by atoms with Crippen molar-refractivity contribution in [3.8, 4) is 0 Å². The lowest BCUT2D eigenvalue weighted by Crippen LogP contribution is -2.49. The number of fused-ring (bicyclic) bond motifs is 1. The molecule has 1 saturated carbocycles. The molecule has 1 aromatic carbocycles. The van der Waals surface area contributed by atoms with Crippen molar-refractivity contribution in [1.82, 2.24) is 14.5 Å². The molecule has 1 unspecified atom stereocenters. The van der Waals surface area contributed by atoms with Gasteiger partial charge in [0.2, 0.25) is 5.91 Å². The maximum Gasteiger partial charge on any atom is 0.233 e. The van der Waals surface area contributed by atoms with Crippen LogP contribution >= 0.6 is 11.8 Å². The number of hydrogen-bond donors (Lipinski definition) is 0. The molecule has 28 heavy (non-hydrogen) atoms. The number of carbonyl (C=O) groups is 1. The number of imidazole rings is 1. The third kappa shape index (κ3) is 4.08. The van der Waals surface area contributed by atoms with Crippen molar-refractivity contribution in [2.24, 2.45) is 7.05 Å². The van der Waals surface area contributed by atoms with Crippen LogP contribution in [0.2, 0.25) is 0 Å². The molecule has 0 bridgehead atoms. The molecule has 1 aliphatic carbocycles. The molecule has 0 radical (unpaired) electrons. The zero-order chi connectivity index (χ0) is 19.7. The van der Waals surface area contributed by atoms with Crippen LogP contribution in [0, 0.1) is 0 Å². The first-order chi connectivity index (χ1) is 13.4. The Morgan fingerprint density at radius 1 is 1.18 bits per heavy atom. The van der Waals surface area contributed by atoms with E-state index < -0.39 is 9.84 Å². The summed E-state index contributed by atoms with van der Waals surface area (Å²) in [5, 5.41) is 0.817. The number of rotatable bonds is 5. The Morgan fingerprint density at radius 2 is 1.93 bits per heavy atom. The number of aryl methyl sites for hydroxylation is 1. The van der Waals surface area contributed by atoms with Crippen molar-refractivity contribution in [2.75, 3.05) is 17.3 Å². The van der Waals surface area contributed by atoms with Crippen LogP contribution in [0.3, 0.4) is 0 Å². The number of thioether (sulfide) groups is 1. The van der Waals surface area contributed by atoms with Gasteiger partial charge in [-0.3, -0.25) is 4.79 Å². The van der Waals surface area contributed by atoms with Gasteiger partial charge in [-0.2, -0.15) is 0 Å². The molecular formula is C20H27N3O3S2. The van der Waals surface area contributed by atoms with Gasteiger partial charge >= 0.3 is 0 Å². The average molecular weight is 422 g/mol. The van der Waals surface area contributed by atoms with Gasteiger partial charge < -0.3 is 9.47 Å². The van der Waals surface area contributed by atoms with E-state index in [-0.39, 0.29) is 29.5 Å². The molecule has 2 aromatic rings. The minimum atomic E-state index is -3.02. The fraction of sp³-hybridized carbons (Fsp3) is 0.600. The Kier molecular flexibility index (Phi) is 5.69. The highest BCUT2D eigenvalue weighted by Crippen LogP contribution is 2.30. The number of para-hydroxylation sites is 2. The fourth-order valence-corrected chi connectivity index (χ4v) is 7.08. The SMILES string of the molecule is Cn1c(SCC(=O)N(C2CCCCC2)C2CCS(=O)(=O)C2)nc2ccccc21. The van der Waals surface area contributed by atoms with Gasteiger partial charge in [-0.25, -0.2) is 13.4 Å². The molecule has 0 N–H and O–H groups in total. The van der Waals surface area contributed by atoms with Crippen LogP contribution in [-0.2, 0) is 21.7 Å². The summed E-state index contributed by atoms with van der Waals surface area (Å²) < 4.78 is 26.0. The molecule has 1 atom stereocenters. The van der Waals surface area contributed by atoms with E-state index >= 15 is 0 Å². The molecule has 6 nitrogen and oxygen atoms in total. The molecule has 1 saturated heterocycles. The number of benzene rings is 1. The van der Waals surface area contributed by atoms with E-state index in [0.29, 0.717) is 12.2 Å². The molecule has 0 spiro atoms. The van der Waals surface area contributed by atoms with Gasteiger partial charge in [-0.15, -0.1) is 0 Å². The highest BCUT2D eigenvalue weighted by Gasteiger charge is 2.38. The van der Waals surface area contributed by atoms with Crippen molar-refractivity contribution in [1.29, 1.82) is 0 Å². The average Bonchev–Trinajstić information content (AvgIpc) is 3.20. The molecule has 1 aromatic heterocycles. The number of amides is 1. The minimum absolute atomic E-state index is 0.0473. The van der Waals surface area contributed by atoms with Gasteiger partial charge in [-0.1, -0.05) is 43.2 Å². The summed E-state index contributed by atoms with van der Waals surface area (Å²) in [5.74, 6) is 0.661. The van der Waals surface area contributed by atoms with Crippen molar-refractivity contribution in [3.63, 3.8) is 0 Å². The number of carbonyl (C=O) groups excluding carboxylic acids is 1. The second kappa shape index (κ2) is 8.06. The quantitative estimate of drug-likeness (QED) is 0.694. The molecule has 1 aliphatic heterocycles. The van der Waals surface area contributed by atoms with E-state index in [0.717, 1.165) is 41.9 Å².